The Morgan fingerprint density at radius 1 is 1.16 bits per heavy atom. The molecule has 2 aromatic carbocycles. The first-order valence-electron chi connectivity index (χ1n) is 5.94. The summed E-state index contributed by atoms with van der Waals surface area (Å²) in [5.74, 6) is 0.0569. The summed E-state index contributed by atoms with van der Waals surface area (Å²) in [5.41, 5.74) is 9.59. The zero-order chi connectivity index (χ0) is 14.0. The third kappa shape index (κ3) is 2.79. The van der Waals surface area contributed by atoms with Crippen molar-refractivity contribution in [2.75, 3.05) is 11.9 Å². The number of hydrogen-bond donors (Lipinski definition) is 2. The summed E-state index contributed by atoms with van der Waals surface area (Å²) in [6.45, 7) is 2.06. The Balaban J connectivity index is 2.49. The summed E-state index contributed by atoms with van der Waals surface area (Å²) >= 11 is 3.45. The summed E-state index contributed by atoms with van der Waals surface area (Å²) in [7, 11) is 1.97. The third-order valence-electron chi connectivity index (χ3n) is 3.04. The average Bonchev–Trinajstić information content (AvgIpc) is 2.38. The summed E-state index contributed by atoms with van der Waals surface area (Å²) in [5, 5.41) is 7.73. The van der Waals surface area contributed by atoms with Gasteiger partial charge in [-0.1, -0.05) is 23.8 Å². The molecule has 0 atom stereocenters. The van der Waals surface area contributed by atoms with Crippen molar-refractivity contribution in [3.63, 3.8) is 0 Å². The molecule has 0 aliphatic heterocycles. The van der Waals surface area contributed by atoms with Crippen LogP contribution in [0.15, 0.2) is 46.9 Å². The molecule has 2 rings (SSSR count). The molecule has 0 saturated heterocycles. The molecule has 3 nitrogen and oxygen atoms in total. The van der Waals surface area contributed by atoms with Gasteiger partial charge in [-0.15, -0.1) is 0 Å². The molecular formula is C15H16BrN3. The van der Waals surface area contributed by atoms with Crippen molar-refractivity contribution in [1.29, 1.82) is 5.41 Å². The van der Waals surface area contributed by atoms with Gasteiger partial charge in [0, 0.05) is 17.2 Å². The van der Waals surface area contributed by atoms with E-state index < -0.39 is 0 Å². The third-order valence-corrected chi connectivity index (χ3v) is 3.70. The summed E-state index contributed by atoms with van der Waals surface area (Å²) in [6.07, 6.45) is 0. The number of anilines is 2. The largest absolute Gasteiger partial charge is 0.384 e. The minimum Gasteiger partial charge on any atom is -0.384 e. The molecule has 19 heavy (non-hydrogen) atoms. The predicted octanol–water partition coefficient (Wildman–Crippen LogP) is 3.81. The number of nitrogens with one attached hydrogen (secondary N) is 1. The van der Waals surface area contributed by atoms with Gasteiger partial charge in [0.05, 0.1) is 11.3 Å². The molecule has 0 aliphatic rings. The molecule has 4 heteroatoms. The van der Waals surface area contributed by atoms with Crippen LogP contribution >= 0.6 is 15.9 Å². The maximum atomic E-state index is 7.73. The lowest BCUT2D eigenvalue weighted by Crippen LogP contribution is -2.19. The van der Waals surface area contributed by atoms with Gasteiger partial charge in [0.2, 0.25) is 0 Å². The van der Waals surface area contributed by atoms with Crippen molar-refractivity contribution < 1.29 is 0 Å². The van der Waals surface area contributed by atoms with E-state index in [1.807, 2.05) is 30.1 Å². The number of nitrogens with two attached hydrogens (primary N) is 1. The van der Waals surface area contributed by atoms with Crippen molar-refractivity contribution in [3.8, 4) is 0 Å². The van der Waals surface area contributed by atoms with Crippen molar-refractivity contribution in [1.82, 2.24) is 0 Å². The number of rotatable bonds is 3. The second kappa shape index (κ2) is 5.45. The lowest BCUT2D eigenvalue weighted by Gasteiger charge is -2.23. The van der Waals surface area contributed by atoms with Gasteiger partial charge in [-0.2, -0.15) is 0 Å². The van der Waals surface area contributed by atoms with Gasteiger partial charge in [-0.3, -0.25) is 5.41 Å². The van der Waals surface area contributed by atoms with Gasteiger partial charge >= 0.3 is 0 Å². The standard InChI is InChI=1S/C15H16BrN3/c1-10-6-8-11(9-7-10)19(2)13-5-3-4-12(16)14(13)15(17)18/h3-9H,1-2H3,(H3,17,18). The summed E-state index contributed by atoms with van der Waals surface area (Å²) in [4.78, 5) is 2.03. The fourth-order valence-electron chi connectivity index (χ4n) is 1.97. The molecule has 0 spiro atoms. The van der Waals surface area contributed by atoms with Crippen molar-refractivity contribution >= 4 is 33.1 Å². The zero-order valence-electron chi connectivity index (χ0n) is 10.9. The fourth-order valence-corrected chi connectivity index (χ4v) is 2.54. The minimum absolute atomic E-state index is 0.0569. The average molecular weight is 318 g/mol. The van der Waals surface area contributed by atoms with E-state index in [1.54, 1.807) is 0 Å². The van der Waals surface area contributed by atoms with E-state index in [2.05, 4.69) is 47.1 Å². The summed E-state index contributed by atoms with van der Waals surface area (Å²) < 4.78 is 0.830. The normalized spacial score (nSPS) is 10.3. The molecule has 2 aromatic rings. The minimum atomic E-state index is 0.0569. The van der Waals surface area contributed by atoms with Crippen molar-refractivity contribution in [3.05, 3.63) is 58.1 Å². The van der Waals surface area contributed by atoms with Crippen LogP contribution in [0, 0.1) is 12.3 Å². The van der Waals surface area contributed by atoms with Crippen LogP contribution in [0.3, 0.4) is 0 Å². The predicted molar refractivity (Wildman–Crippen MR) is 84.4 cm³/mol. The Labute approximate surface area is 121 Å². The molecule has 0 unspecified atom stereocenters. The number of aryl methyl sites for hydroxylation is 1. The highest BCUT2D eigenvalue weighted by Crippen LogP contribution is 2.31. The summed E-state index contributed by atoms with van der Waals surface area (Å²) in [6, 6.07) is 14.0. The molecule has 0 aliphatic carbocycles. The highest BCUT2D eigenvalue weighted by molar-refractivity contribution is 9.10. The Morgan fingerprint density at radius 3 is 2.37 bits per heavy atom. The van der Waals surface area contributed by atoms with Crippen LogP contribution in [0.25, 0.3) is 0 Å². The van der Waals surface area contributed by atoms with E-state index in [4.69, 9.17) is 11.1 Å². The monoisotopic (exact) mass is 317 g/mol. The lowest BCUT2D eigenvalue weighted by molar-refractivity contribution is 1.19. The van der Waals surface area contributed by atoms with E-state index in [0.717, 1.165) is 15.8 Å². The Morgan fingerprint density at radius 2 is 1.79 bits per heavy atom. The number of halogens is 1. The van der Waals surface area contributed by atoms with Gasteiger partial charge in [0.25, 0.3) is 0 Å². The molecular weight excluding hydrogens is 302 g/mol. The molecule has 0 saturated carbocycles. The van der Waals surface area contributed by atoms with Crippen LogP contribution in [0.5, 0.6) is 0 Å². The number of amidine groups is 1. The van der Waals surface area contributed by atoms with E-state index in [9.17, 15) is 0 Å². The number of hydrogen-bond acceptors (Lipinski definition) is 2. The maximum Gasteiger partial charge on any atom is 0.126 e. The van der Waals surface area contributed by atoms with Gasteiger partial charge in [0.1, 0.15) is 5.84 Å². The van der Waals surface area contributed by atoms with Crippen molar-refractivity contribution in [2.45, 2.75) is 6.92 Å². The van der Waals surface area contributed by atoms with Gasteiger partial charge in [0.15, 0.2) is 0 Å². The first-order chi connectivity index (χ1) is 9.00. The SMILES string of the molecule is Cc1ccc(N(C)c2cccc(Br)c2C(=N)N)cc1. The van der Waals surface area contributed by atoms with E-state index in [-0.39, 0.29) is 5.84 Å². The molecule has 0 aromatic heterocycles. The zero-order valence-corrected chi connectivity index (χ0v) is 12.5. The number of benzene rings is 2. The highest BCUT2D eigenvalue weighted by atomic mass is 79.9. The quantitative estimate of drug-likeness (QED) is 0.668. The first kappa shape index (κ1) is 13.6. The Bertz CT molecular complexity index is 605. The molecule has 0 radical (unpaired) electrons. The topological polar surface area (TPSA) is 53.1 Å². The molecule has 0 amide bonds. The van der Waals surface area contributed by atoms with E-state index in [1.165, 1.54) is 5.56 Å². The molecule has 0 bridgehead atoms. The Kier molecular flexibility index (Phi) is 3.90. The van der Waals surface area contributed by atoms with E-state index in [0.29, 0.717) is 5.56 Å². The Hall–Kier alpha value is -1.81. The fraction of sp³-hybridized carbons (Fsp3) is 0.133. The van der Waals surface area contributed by atoms with Crippen LogP contribution in [-0.2, 0) is 0 Å². The molecule has 3 N–H and O–H groups in total. The second-order valence-corrected chi connectivity index (χ2v) is 5.30. The van der Waals surface area contributed by atoms with Crippen LogP contribution in [0.2, 0.25) is 0 Å². The molecule has 98 valence electrons. The molecule has 0 heterocycles. The molecule has 0 fully saturated rings. The van der Waals surface area contributed by atoms with Crippen molar-refractivity contribution in [2.24, 2.45) is 5.73 Å². The van der Waals surface area contributed by atoms with Crippen LogP contribution in [0.1, 0.15) is 11.1 Å². The number of nitrogens with zero attached hydrogens (tertiary/aromatic N) is 1. The lowest BCUT2D eigenvalue weighted by atomic mass is 10.1. The highest BCUT2D eigenvalue weighted by Gasteiger charge is 2.14. The van der Waals surface area contributed by atoms with Crippen LogP contribution in [0.4, 0.5) is 11.4 Å². The van der Waals surface area contributed by atoms with Crippen LogP contribution in [-0.4, -0.2) is 12.9 Å². The van der Waals surface area contributed by atoms with Crippen LogP contribution < -0.4 is 10.6 Å². The smallest absolute Gasteiger partial charge is 0.126 e. The van der Waals surface area contributed by atoms with Gasteiger partial charge in [-0.05, 0) is 47.1 Å². The van der Waals surface area contributed by atoms with E-state index >= 15 is 0 Å². The van der Waals surface area contributed by atoms with Gasteiger partial charge in [-0.25, -0.2) is 0 Å². The van der Waals surface area contributed by atoms with Gasteiger partial charge < -0.3 is 10.6 Å². The first-order valence-corrected chi connectivity index (χ1v) is 6.73. The number of nitrogen functional groups attached to an aromatic ring is 1. The maximum absolute atomic E-state index is 7.73. The second-order valence-electron chi connectivity index (χ2n) is 4.44.